The third-order valence-electron chi connectivity index (χ3n) is 5.01. The zero-order valence-corrected chi connectivity index (χ0v) is 17.9. The molecule has 0 saturated carbocycles. The summed E-state index contributed by atoms with van der Waals surface area (Å²) in [6, 6.07) is 5.68. The van der Waals surface area contributed by atoms with E-state index in [1.807, 2.05) is 29.0 Å². The van der Waals surface area contributed by atoms with Crippen LogP contribution >= 0.6 is 11.3 Å². The van der Waals surface area contributed by atoms with Crippen molar-refractivity contribution in [2.24, 2.45) is 14.1 Å². The number of anilines is 1. The fourth-order valence-electron chi connectivity index (χ4n) is 3.21. The average Bonchev–Trinajstić information content (AvgIpc) is 3.33. The van der Waals surface area contributed by atoms with Gasteiger partial charge in [-0.3, -0.25) is 18.7 Å². The van der Waals surface area contributed by atoms with E-state index in [9.17, 15) is 19.2 Å². The average molecular weight is 430 g/mol. The zero-order valence-electron chi connectivity index (χ0n) is 17.1. The van der Waals surface area contributed by atoms with Gasteiger partial charge in [0.25, 0.3) is 5.56 Å². The number of thiophene rings is 1. The molecule has 30 heavy (non-hydrogen) atoms. The summed E-state index contributed by atoms with van der Waals surface area (Å²) in [6.45, 7) is 3.66. The molecule has 0 unspecified atom stereocenters. The minimum Gasteiger partial charge on any atom is -0.454 e. The number of hydrogen-bond acceptors (Lipinski definition) is 7. The first-order valence-electron chi connectivity index (χ1n) is 9.08. The summed E-state index contributed by atoms with van der Waals surface area (Å²) in [6.07, 6.45) is 0. The van der Waals surface area contributed by atoms with Crippen LogP contribution in [0.15, 0.2) is 33.2 Å². The highest BCUT2D eigenvalue weighted by Gasteiger charge is 2.23. The van der Waals surface area contributed by atoms with Crippen LogP contribution in [0.4, 0.5) is 5.82 Å². The molecule has 3 heterocycles. The number of ether oxygens (including phenoxy) is 1. The first-order valence-corrected chi connectivity index (χ1v) is 9.96. The molecular formula is C20H22N4O5S. The van der Waals surface area contributed by atoms with E-state index in [2.05, 4.69) is 0 Å². The monoisotopic (exact) mass is 430 g/mol. The molecular weight excluding hydrogens is 408 g/mol. The maximum atomic E-state index is 12.6. The Morgan fingerprint density at radius 2 is 1.87 bits per heavy atom. The Balaban J connectivity index is 1.79. The largest absolute Gasteiger partial charge is 0.454 e. The molecule has 0 aliphatic carbocycles. The second-order valence-electron chi connectivity index (χ2n) is 6.92. The van der Waals surface area contributed by atoms with Crippen LogP contribution in [-0.2, 0) is 25.4 Å². The first kappa shape index (κ1) is 21.3. The van der Waals surface area contributed by atoms with Gasteiger partial charge in [0.1, 0.15) is 11.4 Å². The Labute approximate surface area is 175 Å². The Kier molecular flexibility index (Phi) is 5.79. The molecule has 0 aliphatic rings. The molecule has 3 rings (SSSR count). The maximum Gasteiger partial charge on any atom is 0.340 e. The van der Waals surface area contributed by atoms with E-state index >= 15 is 0 Å². The highest BCUT2D eigenvalue weighted by molar-refractivity contribution is 7.09. The van der Waals surface area contributed by atoms with E-state index in [0.717, 1.165) is 25.4 Å². The molecule has 0 saturated heterocycles. The molecule has 9 nitrogen and oxygen atoms in total. The van der Waals surface area contributed by atoms with Crippen LogP contribution in [0.5, 0.6) is 0 Å². The molecule has 0 bridgehead atoms. The summed E-state index contributed by atoms with van der Waals surface area (Å²) >= 11 is 1.62. The number of nitrogens with zero attached hydrogens (tertiary/aromatic N) is 3. The third kappa shape index (κ3) is 3.73. The highest BCUT2D eigenvalue weighted by atomic mass is 32.1. The number of carbonyl (C=O) groups excluding carboxylic acids is 2. The van der Waals surface area contributed by atoms with E-state index in [1.165, 1.54) is 14.1 Å². The number of Topliss-reactive ketones (excluding diaryl/α,β-unsaturated/α-hetero) is 1. The smallest absolute Gasteiger partial charge is 0.340 e. The maximum absolute atomic E-state index is 12.6. The van der Waals surface area contributed by atoms with Gasteiger partial charge in [0.05, 0.1) is 12.1 Å². The van der Waals surface area contributed by atoms with Crippen molar-refractivity contribution in [3.8, 4) is 0 Å². The van der Waals surface area contributed by atoms with E-state index in [-0.39, 0.29) is 11.4 Å². The zero-order chi connectivity index (χ0) is 22.2. The number of carbonyl (C=O) groups is 2. The minimum absolute atomic E-state index is 0.265. The molecule has 0 spiro atoms. The molecule has 0 fully saturated rings. The van der Waals surface area contributed by atoms with Gasteiger partial charge in [-0.1, -0.05) is 6.07 Å². The molecule has 3 aromatic heterocycles. The van der Waals surface area contributed by atoms with Crippen LogP contribution in [0.2, 0.25) is 0 Å². The van der Waals surface area contributed by atoms with Crippen molar-refractivity contribution >= 4 is 28.9 Å². The summed E-state index contributed by atoms with van der Waals surface area (Å²) in [4.78, 5) is 50.4. The fourth-order valence-corrected chi connectivity index (χ4v) is 3.91. The number of hydrogen-bond donors (Lipinski definition) is 1. The Hall–Kier alpha value is -3.40. The summed E-state index contributed by atoms with van der Waals surface area (Å²) in [5.41, 5.74) is 5.86. The third-order valence-corrected chi connectivity index (χ3v) is 5.87. The quantitative estimate of drug-likeness (QED) is 0.464. The van der Waals surface area contributed by atoms with Crippen LogP contribution in [0.3, 0.4) is 0 Å². The van der Waals surface area contributed by atoms with Crippen molar-refractivity contribution in [2.45, 2.75) is 20.4 Å². The van der Waals surface area contributed by atoms with Gasteiger partial charge in [-0.15, -0.1) is 11.3 Å². The SMILES string of the molecule is Cc1cc(C(=O)OCC(=O)c2c(N)n(C)c(=O)n(C)c2=O)c(C)n1Cc1cccs1. The number of esters is 1. The van der Waals surface area contributed by atoms with E-state index in [4.69, 9.17) is 10.5 Å². The van der Waals surface area contributed by atoms with Gasteiger partial charge in [0.2, 0.25) is 5.78 Å². The van der Waals surface area contributed by atoms with Crippen LogP contribution in [0.1, 0.15) is 37.0 Å². The number of nitrogens with two attached hydrogens (primary N) is 1. The van der Waals surface area contributed by atoms with Crippen molar-refractivity contribution in [1.82, 2.24) is 13.7 Å². The van der Waals surface area contributed by atoms with E-state index < -0.39 is 29.6 Å². The van der Waals surface area contributed by atoms with Crippen molar-refractivity contribution < 1.29 is 14.3 Å². The minimum atomic E-state index is -0.828. The normalized spacial score (nSPS) is 10.9. The molecule has 10 heteroatoms. The lowest BCUT2D eigenvalue weighted by molar-refractivity contribution is 0.0473. The van der Waals surface area contributed by atoms with Crippen molar-refractivity contribution in [3.63, 3.8) is 0 Å². The number of aryl methyl sites for hydroxylation is 1. The first-order chi connectivity index (χ1) is 14.1. The lowest BCUT2D eigenvalue weighted by atomic mass is 10.2. The molecule has 0 aliphatic heterocycles. The van der Waals surface area contributed by atoms with Gasteiger partial charge in [0, 0.05) is 30.4 Å². The molecule has 2 N–H and O–H groups in total. The Morgan fingerprint density at radius 3 is 2.50 bits per heavy atom. The summed E-state index contributed by atoms with van der Waals surface area (Å²) < 4.78 is 8.93. The lowest BCUT2D eigenvalue weighted by Crippen LogP contribution is -2.42. The molecule has 3 aromatic rings. The van der Waals surface area contributed by atoms with Crippen LogP contribution in [0.25, 0.3) is 0 Å². The van der Waals surface area contributed by atoms with Gasteiger partial charge in [-0.25, -0.2) is 9.59 Å². The van der Waals surface area contributed by atoms with Crippen molar-refractivity contribution in [2.75, 3.05) is 12.3 Å². The lowest BCUT2D eigenvalue weighted by Gasteiger charge is -2.11. The highest BCUT2D eigenvalue weighted by Crippen LogP contribution is 2.20. The topological polar surface area (TPSA) is 118 Å². The number of rotatable bonds is 6. The van der Waals surface area contributed by atoms with Crippen LogP contribution in [0, 0.1) is 13.8 Å². The summed E-state index contributed by atoms with van der Waals surface area (Å²) in [7, 11) is 2.59. The second-order valence-corrected chi connectivity index (χ2v) is 7.95. The van der Waals surface area contributed by atoms with Crippen LogP contribution in [-0.4, -0.2) is 32.1 Å². The van der Waals surface area contributed by atoms with E-state index in [1.54, 1.807) is 24.3 Å². The predicted octanol–water partition coefficient (Wildman–Crippen LogP) is 1.23. The van der Waals surface area contributed by atoms with Gasteiger partial charge < -0.3 is 15.0 Å². The van der Waals surface area contributed by atoms with Crippen molar-refractivity contribution in [3.05, 3.63) is 71.8 Å². The number of ketones is 1. The number of aromatic nitrogens is 3. The molecule has 0 atom stereocenters. The van der Waals surface area contributed by atoms with Gasteiger partial charge in [0.15, 0.2) is 6.61 Å². The van der Waals surface area contributed by atoms with Crippen molar-refractivity contribution in [1.29, 1.82) is 0 Å². The predicted molar refractivity (Wildman–Crippen MR) is 113 cm³/mol. The van der Waals surface area contributed by atoms with Crippen LogP contribution < -0.4 is 17.0 Å². The molecule has 0 amide bonds. The fraction of sp³-hybridized carbons (Fsp3) is 0.300. The number of nitrogen functional groups attached to an aromatic ring is 1. The molecule has 0 radical (unpaired) electrons. The van der Waals surface area contributed by atoms with E-state index in [0.29, 0.717) is 12.1 Å². The Bertz CT molecular complexity index is 1250. The molecule has 158 valence electrons. The summed E-state index contributed by atoms with van der Waals surface area (Å²) in [5.74, 6) is -1.71. The Morgan fingerprint density at radius 1 is 1.17 bits per heavy atom. The van der Waals surface area contributed by atoms with Gasteiger partial charge >= 0.3 is 11.7 Å². The summed E-state index contributed by atoms with van der Waals surface area (Å²) in [5, 5.41) is 1.99. The molecule has 0 aromatic carbocycles. The standard InChI is InChI=1S/C20H22N4O5S/c1-11-8-14(12(2)24(11)9-13-6-5-7-30-13)19(27)29-10-15(25)16-17(21)22(3)20(28)23(4)18(16)26/h5-8H,9-10,21H2,1-4H3. The van der Waals surface area contributed by atoms with Gasteiger partial charge in [-0.05, 0) is 31.4 Å². The second kappa shape index (κ2) is 8.15. The van der Waals surface area contributed by atoms with Gasteiger partial charge in [-0.2, -0.15) is 0 Å².